The summed E-state index contributed by atoms with van der Waals surface area (Å²) in [6.45, 7) is -1.49. The van der Waals surface area contributed by atoms with Crippen molar-refractivity contribution in [3.05, 3.63) is 0 Å². The Labute approximate surface area is 58.4 Å². The lowest BCUT2D eigenvalue weighted by atomic mass is 10.3. The maximum absolute atomic E-state index is 11.9. The molecule has 0 aliphatic rings. The molecule has 9 heavy (non-hydrogen) atoms. The smallest absolute Gasteiger partial charge is 0.188 e. The first-order valence-electron chi connectivity index (χ1n) is 2.22. The average molecular weight is 209 g/mol. The third-order valence-electron chi connectivity index (χ3n) is 0.734. The van der Waals surface area contributed by atoms with Gasteiger partial charge in [0.1, 0.15) is 6.67 Å². The Morgan fingerprint density at radius 3 is 1.78 bits per heavy atom. The molecule has 0 aromatic heterocycles. The van der Waals surface area contributed by atoms with Gasteiger partial charge in [0.2, 0.25) is 0 Å². The van der Waals surface area contributed by atoms with Crippen molar-refractivity contribution in [2.75, 3.05) is 6.67 Å². The summed E-state index contributed by atoms with van der Waals surface area (Å²) in [5, 5.41) is -2.12. The van der Waals surface area contributed by atoms with Gasteiger partial charge in [0.05, 0.1) is 0 Å². The molecule has 0 bridgehead atoms. The molecule has 0 heterocycles. The zero-order valence-electron chi connectivity index (χ0n) is 4.33. The van der Waals surface area contributed by atoms with Crippen molar-refractivity contribution in [2.24, 2.45) is 0 Å². The van der Waals surface area contributed by atoms with Crippen molar-refractivity contribution in [1.29, 1.82) is 0 Å². The van der Waals surface area contributed by atoms with Crippen molar-refractivity contribution in [3.63, 3.8) is 0 Å². The quantitative estimate of drug-likeness (QED) is 0.494. The molecule has 0 aromatic carbocycles. The standard InChI is InChI=1S/C4H5BrF4/c5-4(9)3(8)2(7)1-6/h2-4H,1H2. The summed E-state index contributed by atoms with van der Waals surface area (Å²) in [4.78, 5) is 0. The van der Waals surface area contributed by atoms with Crippen LogP contribution in [0.1, 0.15) is 0 Å². The van der Waals surface area contributed by atoms with Crippen LogP contribution in [0, 0.1) is 0 Å². The van der Waals surface area contributed by atoms with Crippen LogP contribution in [-0.2, 0) is 0 Å². The Balaban J connectivity index is 3.58. The Bertz CT molecular complexity index is 77.0. The molecule has 0 aliphatic carbocycles. The van der Waals surface area contributed by atoms with Crippen LogP contribution in [0.25, 0.3) is 0 Å². The molecule has 0 aliphatic heterocycles. The van der Waals surface area contributed by atoms with Crippen molar-refractivity contribution < 1.29 is 17.6 Å². The molecule has 56 valence electrons. The predicted molar refractivity (Wildman–Crippen MR) is 29.6 cm³/mol. The first-order valence-corrected chi connectivity index (χ1v) is 3.13. The van der Waals surface area contributed by atoms with E-state index in [0.717, 1.165) is 0 Å². The first kappa shape index (κ1) is 9.20. The van der Waals surface area contributed by atoms with Crippen LogP contribution < -0.4 is 0 Å². The van der Waals surface area contributed by atoms with E-state index >= 15 is 0 Å². The van der Waals surface area contributed by atoms with Gasteiger partial charge in [-0.25, -0.2) is 17.6 Å². The van der Waals surface area contributed by atoms with Crippen LogP contribution >= 0.6 is 15.9 Å². The lowest BCUT2D eigenvalue weighted by Crippen LogP contribution is -2.25. The topological polar surface area (TPSA) is 0 Å². The SMILES string of the molecule is FCC(F)C(F)C(F)Br. The molecule has 0 rings (SSSR count). The Morgan fingerprint density at radius 2 is 1.67 bits per heavy atom. The largest absolute Gasteiger partial charge is 0.248 e. The molecule has 0 nitrogen and oxygen atoms in total. The van der Waals surface area contributed by atoms with Crippen molar-refractivity contribution in [2.45, 2.75) is 17.4 Å². The third kappa shape index (κ3) is 3.03. The zero-order valence-corrected chi connectivity index (χ0v) is 5.91. The monoisotopic (exact) mass is 208 g/mol. The highest BCUT2D eigenvalue weighted by Gasteiger charge is 2.27. The van der Waals surface area contributed by atoms with Crippen molar-refractivity contribution in [1.82, 2.24) is 0 Å². The summed E-state index contributed by atoms with van der Waals surface area (Å²) in [5.74, 6) is 0. The number of hydrogen-bond acceptors (Lipinski definition) is 0. The number of rotatable bonds is 3. The second-order valence-electron chi connectivity index (χ2n) is 1.45. The molecule has 5 heteroatoms. The van der Waals surface area contributed by atoms with Crippen molar-refractivity contribution >= 4 is 15.9 Å². The summed E-state index contributed by atoms with van der Waals surface area (Å²) in [6.07, 6.45) is -4.77. The molecule has 0 radical (unpaired) electrons. The van der Waals surface area contributed by atoms with Gasteiger partial charge >= 0.3 is 0 Å². The van der Waals surface area contributed by atoms with E-state index in [-0.39, 0.29) is 0 Å². The predicted octanol–water partition coefficient (Wildman–Crippen LogP) is 2.32. The van der Waals surface area contributed by atoms with Crippen LogP contribution in [0.15, 0.2) is 0 Å². The Kier molecular flexibility index (Phi) is 4.18. The van der Waals surface area contributed by atoms with Crippen LogP contribution in [-0.4, -0.2) is 24.1 Å². The minimum absolute atomic E-state index is 1.49. The Hall–Kier alpha value is 0.200. The van der Waals surface area contributed by atoms with Crippen LogP contribution in [0.4, 0.5) is 17.6 Å². The average Bonchev–Trinajstić information content (AvgIpc) is 1.84. The van der Waals surface area contributed by atoms with Gasteiger partial charge in [0.15, 0.2) is 17.4 Å². The summed E-state index contributed by atoms with van der Waals surface area (Å²) >= 11 is 2.13. The number of halogens is 5. The minimum Gasteiger partial charge on any atom is -0.248 e. The van der Waals surface area contributed by atoms with Gasteiger partial charge in [-0.3, -0.25) is 0 Å². The summed E-state index contributed by atoms with van der Waals surface area (Å²) in [5.41, 5.74) is 0. The van der Waals surface area contributed by atoms with E-state index in [1.165, 1.54) is 0 Å². The normalized spacial score (nSPS) is 21.0. The van der Waals surface area contributed by atoms with E-state index in [0.29, 0.717) is 0 Å². The van der Waals surface area contributed by atoms with E-state index < -0.39 is 24.1 Å². The molecule has 0 N–H and O–H groups in total. The summed E-state index contributed by atoms with van der Waals surface area (Å²) in [7, 11) is 0. The highest BCUT2D eigenvalue weighted by atomic mass is 79.9. The molecule has 0 fully saturated rings. The number of alkyl halides is 5. The van der Waals surface area contributed by atoms with E-state index in [9.17, 15) is 17.6 Å². The summed E-state index contributed by atoms with van der Waals surface area (Å²) < 4.78 is 46.5. The summed E-state index contributed by atoms with van der Waals surface area (Å²) in [6, 6.07) is 0. The lowest BCUT2D eigenvalue weighted by molar-refractivity contribution is 0.104. The molecular weight excluding hydrogens is 204 g/mol. The molecule has 0 saturated carbocycles. The van der Waals surface area contributed by atoms with Crippen LogP contribution in [0.5, 0.6) is 0 Å². The van der Waals surface area contributed by atoms with Gasteiger partial charge in [-0.15, -0.1) is 0 Å². The molecule has 0 spiro atoms. The maximum atomic E-state index is 11.9. The van der Waals surface area contributed by atoms with E-state index in [2.05, 4.69) is 15.9 Å². The fourth-order valence-electron chi connectivity index (χ4n) is 0.243. The third-order valence-corrected chi connectivity index (χ3v) is 1.24. The van der Waals surface area contributed by atoms with E-state index in [4.69, 9.17) is 0 Å². The molecule has 3 atom stereocenters. The van der Waals surface area contributed by atoms with E-state index in [1.54, 1.807) is 0 Å². The Morgan fingerprint density at radius 1 is 1.22 bits per heavy atom. The molecule has 3 unspecified atom stereocenters. The fraction of sp³-hybridized carbons (Fsp3) is 1.00. The van der Waals surface area contributed by atoms with Gasteiger partial charge in [-0.05, 0) is 15.9 Å². The highest BCUT2D eigenvalue weighted by molar-refractivity contribution is 9.09. The van der Waals surface area contributed by atoms with Gasteiger partial charge in [-0.2, -0.15) is 0 Å². The molecule has 0 saturated heterocycles. The van der Waals surface area contributed by atoms with Gasteiger partial charge < -0.3 is 0 Å². The minimum atomic E-state index is -2.41. The second-order valence-corrected chi connectivity index (χ2v) is 2.32. The van der Waals surface area contributed by atoms with Crippen LogP contribution in [0.3, 0.4) is 0 Å². The molecular formula is C4H5BrF4. The number of hydrogen-bond donors (Lipinski definition) is 0. The highest BCUT2D eigenvalue weighted by Crippen LogP contribution is 2.16. The first-order chi connectivity index (χ1) is 4.09. The second kappa shape index (κ2) is 4.09. The maximum Gasteiger partial charge on any atom is 0.188 e. The van der Waals surface area contributed by atoms with Gasteiger partial charge in [0.25, 0.3) is 0 Å². The van der Waals surface area contributed by atoms with E-state index in [1.807, 2.05) is 0 Å². The molecule has 0 aromatic rings. The van der Waals surface area contributed by atoms with Crippen molar-refractivity contribution in [3.8, 4) is 0 Å². The zero-order chi connectivity index (χ0) is 7.44. The fourth-order valence-corrected chi connectivity index (χ4v) is 0.574. The lowest BCUT2D eigenvalue weighted by Gasteiger charge is -2.08. The molecule has 0 amide bonds. The van der Waals surface area contributed by atoms with Gasteiger partial charge in [-0.1, -0.05) is 0 Å². The van der Waals surface area contributed by atoms with Crippen LogP contribution in [0.2, 0.25) is 0 Å². The van der Waals surface area contributed by atoms with Gasteiger partial charge in [0, 0.05) is 0 Å².